The molecule has 3 aromatic carbocycles. The summed E-state index contributed by atoms with van der Waals surface area (Å²) in [6.45, 7) is 0.952. The average Bonchev–Trinajstić information content (AvgIpc) is 3.65. The van der Waals surface area contributed by atoms with E-state index in [0.717, 1.165) is 10.6 Å². The molecule has 0 aliphatic carbocycles. The summed E-state index contributed by atoms with van der Waals surface area (Å²) in [5, 5.41) is 3.14. The first-order valence-corrected chi connectivity index (χ1v) is 18.0. The number of rotatable bonds is 7. The molecule has 266 valence electrons. The van der Waals surface area contributed by atoms with E-state index in [2.05, 4.69) is 5.32 Å². The van der Waals surface area contributed by atoms with Crippen molar-refractivity contribution in [2.75, 3.05) is 37.7 Å². The number of hydrogen-bond acceptors (Lipinski definition) is 7. The Hall–Kier alpha value is -5.54. The van der Waals surface area contributed by atoms with Crippen molar-refractivity contribution < 1.29 is 35.2 Å². The van der Waals surface area contributed by atoms with Gasteiger partial charge < -0.3 is 9.73 Å². The van der Waals surface area contributed by atoms with Crippen LogP contribution in [0.4, 0.5) is 23.2 Å². The SMILES string of the molecule is CNC(=O)c1c(-c2ccc(C)cc2F)oc2cc(N(C)S(C)(=O)=O)c(-c3ccc4nc(CN5CC(F)(F)C5)n5c6cccc(F)c6cc5c4n3)cc12. The van der Waals surface area contributed by atoms with Crippen LogP contribution in [0.2, 0.25) is 0 Å². The Kier molecular flexibility index (Phi) is 7.59. The van der Waals surface area contributed by atoms with E-state index >= 15 is 8.78 Å². The molecule has 7 aromatic rings. The van der Waals surface area contributed by atoms with Gasteiger partial charge in [0, 0.05) is 36.5 Å². The molecule has 5 heterocycles. The van der Waals surface area contributed by atoms with Gasteiger partial charge in [0.1, 0.15) is 28.6 Å². The number of sulfonamides is 1. The number of carbonyl (C=O) groups excluding carboxylic acids is 1. The van der Waals surface area contributed by atoms with Gasteiger partial charge in [0.2, 0.25) is 10.0 Å². The Morgan fingerprint density at radius 2 is 1.73 bits per heavy atom. The molecular weight excluding hydrogens is 701 g/mol. The highest BCUT2D eigenvalue weighted by atomic mass is 32.2. The van der Waals surface area contributed by atoms with Crippen LogP contribution in [0.5, 0.6) is 0 Å². The number of pyridine rings is 1. The molecule has 1 aliphatic rings. The zero-order chi connectivity index (χ0) is 36.9. The molecule has 15 heteroatoms. The lowest BCUT2D eigenvalue weighted by atomic mass is 10.00. The molecule has 0 spiro atoms. The predicted molar refractivity (Wildman–Crippen MR) is 190 cm³/mol. The molecule has 1 N–H and O–H groups in total. The average molecular weight is 731 g/mol. The van der Waals surface area contributed by atoms with Crippen molar-refractivity contribution in [2.45, 2.75) is 19.4 Å². The third-order valence-corrected chi connectivity index (χ3v) is 10.6. The Morgan fingerprint density at radius 3 is 2.42 bits per heavy atom. The van der Waals surface area contributed by atoms with E-state index in [1.807, 2.05) is 0 Å². The van der Waals surface area contributed by atoms with Crippen molar-refractivity contribution in [3.8, 4) is 22.6 Å². The zero-order valence-corrected chi connectivity index (χ0v) is 29.1. The summed E-state index contributed by atoms with van der Waals surface area (Å²) in [7, 11) is -1.07. The number of nitrogens with zero attached hydrogens (tertiary/aromatic N) is 5. The molecule has 1 fully saturated rings. The number of likely N-dealkylation sites (tertiary alicyclic amines) is 1. The molecule has 0 radical (unpaired) electrons. The number of amides is 1. The number of carbonyl (C=O) groups is 1. The van der Waals surface area contributed by atoms with Crippen LogP contribution in [-0.4, -0.2) is 73.0 Å². The summed E-state index contributed by atoms with van der Waals surface area (Å²) in [6.07, 6.45) is 1.03. The third-order valence-electron chi connectivity index (χ3n) is 9.43. The van der Waals surface area contributed by atoms with Gasteiger partial charge in [-0.1, -0.05) is 12.1 Å². The summed E-state index contributed by atoms with van der Waals surface area (Å²) >= 11 is 0. The van der Waals surface area contributed by atoms with Crippen LogP contribution >= 0.6 is 0 Å². The number of nitrogens with one attached hydrogen (secondary N) is 1. The Bertz CT molecular complexity index is 2750. The summed E-state index contributed by atoms with van der Waals surface area (Å²) in [5.74, 6) is -4.08. The van der Waals surface area contributed by atoms with Gasteiger partial charge in [0.15, 0.2) is 5.76 Å². The normalized spacial score (nSPS) is 14.8. The van der Waals surface area contributed by atoms with E-state index in [0.29, 0.717) is 33.5 Å². The van der Waals surface area contributed by atoms with Crippen molar-refractivity contribution in [3.05, 3.63) is 95.3 Å². The standard InChI is InChI=1S/C37H30F4N6O4S/c1-19-8-9-20(25(39)12-19)35-33(36(48)42-2)23-13-22(29(15-31(23)51-35)45(3)52(4,49)50)26-10-11-27-34(44-26)30-14-21-24(38)6-5-7-28(21)47(30)32(43-27)16-46-17-37(40,41)18-46/h5-15H,16-18H2,1-4H3,(H,42,48). The van der Waals surface area contributed by atoms with Crippen LogP contribution in [0.3, 0.4) is 0 Å². The highest BCUT2D eigenvalue weighted by Gasteiger charge is 2.44. The minimum absolute atomic E-state index is 0.0365. The van der Waals surface area contributed by atoms with Crippen LogP contribution in [0, 0.1) is 18.6 Å². The first kappa shape index (κ1) is 33.6. The number of benzene rings is 3. The molecule has 0 bridgehead atoms. The Labute approximate surface area is 294 Å². The van der Waals surface area contributed by atoms with E-state index in [1.165, 1.54) is 38.4 Å². The number of fused-ring (bicyclic) bond motifs is 6. The molecule has 8 rings (SSSR count). The van der Waals surface area contributed by atoms with E-state index in [-0.39, 0.29) is 56.7 Å². The number of alkyl halides is 2. The van der Waals surface area contributed by atoms with Gasteiger partial charge in [-0.2, -0.15) is 0 Å². The number of halogens is 4. The highest BCUT2D eigenvalue weighted by Crippen LogP contribution is 2.42. The number of aryl methyl sites for hydroxylation is 1. The van der Waals surface area contributed by atoms with E-state index in [1.54, 1.807) is 58.7 Å². The quantitative estimate of drug-likeness (QED) is 0.178. The summed E-state index contributed by atoms with van der Waals surface area (Å²) in [6, 6.07) is 17.0. The molecular formula is C37H30F4N6O4S. The van der Waals surface area contributed by atoms with Crippen LogP contribution in [-0.2, 0) is 16.6 Å². The smallest absolute Gasteiger partial charge is 0.272 e. The van der Waals surface area contributed by atoms with Crippen LogP contribution in [0.1, 0.15) is 21.7 Å². The molecule has 1 aliphatic heterocycles. The van der Waals surface area contributed by atoms with Crippen LogP contribution in [0.25, 0.3) is 61.0 Å². The third kappa shape index (κ3) is 5.42. The molecule has 0 saturated carbocycles. The number of furan rings is 1. The maximum Gasteiger partial charge on any atom is 0.272 e. The van der Waals surface area contributed by atoms with Gasteiger partial charge >= 0.3 is 0 Å². The van der Waals surface area contributed by atoms with Gasteiger partial charge in [0.25, 0.3) is 11.8 Å². The van der Waals surface area contributed by atoms with Crippen molar-refractivity contribution >= 4 is 60.0 Å². The highest BCUT2D eigenvalue weighted by molar-refractivity contribution is 7.92. The second kappa shape index (κ2) is 11.7. The van der Waals surface area contributed by atoms with Gasteiger partial charge in [-0.05, 0) is 61.0 Å². The molecule has 1 amide bonds. The molecule has 0 atom stereocenters. The largest absolute Gasteiger partial charge is 0.455 e. The lowest BCUT2D eigenvalue weighted by molar-refractivity contribution is -0.134. The van der Waals surface area contributed by atoms with Gasteiger partial charge in [-0.25, -0.2) is 35.9 Å². The summed E-state index contributed by atoms with van der Waals surface area (Å²) in [4.78, 5) is 24.7. The van der Waals surface area contributed by atoms with E-state index < -0.39 is 46.6 Å². The second-order valence-electron chi connectivity index (χ2n) is 13.1. The van der Waals surface area contributed by atoms with Crippen molar-refractivity contribution in [1.29, 1.82) is 0 Å². The maximum atomic E-state index is 15.3. The van der Waals surface area contributed by atoms with Crippen molar-refractivity contribution in [3.63, 3.8) is 0 Å². The summed E-state index contributed by atoms with van der Waals surface area (Å²) < 4.78 is 92.8. The van der Waals surface area contributed by atoms with E-state index in [9.17, 15) is 22.0 Å². The van der Waals surface area contributed by atoms with Crippen molar-refractivity contribution in [2.24, 2.45) is 0 Å². The minimum Gasteiger partial charge on any atom is -0.455 e. The zero-order valence-electron chi connectivity index (χ0n) is 28.3. The lowest BCUT2D eigenvalue weighted by Gasteiger charge is -2.38. The molecule has 4 aromatic heterocycles. The predicted octanol–water partition coefficient (Wildman–Crippen LogP) is 6.91. The fraction of sp³-hybridized carbons (Fsp3) is 0.216. The molecule has 0 unspecified atom stereocenters. The molecule has 1 saturated heterocycles. The summed E-state index contributed by atoms with van der Waals surface area (Å²) in [5.41, 5.74) is 3.25. The van der Waals surface area contributed by atoms with Gasteiger partial charge in [0.05, 0.1) is 64.9 Å². The van der Waals surface area contributed by atoms with Crippen LogP contribution in [0.15, 0.2) is 71.1 Å². The second-order valence-corrected chi connectivity index (χ2v) is 15.1. The first-order valence-electron chi connectivity index (χ1n) is 16.2. The number of anilines is 1. The Balaban J connectivity index is 1.39. The number of hydrogen-bond donors (Lipinski definition) is 1. The Morgan fingerprint density at radius 1 is 0.962 bits per heavy atom. The van der Waals surface area contributed by atoms with Gasteiger partial charge in [-0.15, -0.1) is 0 Å². The monoisotopic (exact) mass is 730 g/mol. The first-order chi connectivity index (χ1) is 24.6. The molecule has 52 heavy (non-hydrogen) atoms. The fourth-order valence-corrected chi connectivity index (χ4v) is 7.37. The number of aromatic nitrogens is 3. The minimum atomic E-state index is -3.86. The van der Waals surface area contributed by atoms with Gasteiger partial charge in [-0.3, -0.25) is 18.4 Å². The van der Waals surface area contributed by atoms with Crippen LogP contribution < -0.4 is 9.62 Å². The maximum absolute atomic E-state index is 15.3. The fourth-order valence-electron chi connectivity index (χ4n) is 6.86. The van der Waals surface area contributed by atoms with E-state index in [4.69, 9.17) is 14.4 Å². The topological polar surface area (TPSA) is 113 Å². The lowest BCUT2D eigenvalue weighted by Crippen LogP contribution is -2.55. The molecule has 10 nitrogen and oxygen atoms in total. The van der Waals surface area contributed by atoms with Crippen molar-refractivity contribution in [1.82, 2.24) is 24.6 Å².